The molecule has 1 saturated carbocycles. The van der Waals surface area contributed by atoms with E-state index in [0.29, 0.717) is 21.7 Å². The maximum Gasteiger partial charge on any atom is 0.151 e. The topological polar surface area (TPSA) is 65.0 Å². The van der Waals surface area contributed by atoms with Crippen molar-refractivity contribution >= 4 is 29.5 Å². The van der Waals surface area contributed by atoms with E-state index in [1.807, 2.05) is 74.5 Å². The Labute approximate surface area is 277 Å². The van der Waals surface area contributed by atoms with Crippen LogP contribution in [-0.4, -0.2) is 36.8 Å². The lowest BCUT2D eigenvalue weighted by Gasteiger charge is -2.16. The third kappa shape index (κ3) is 10.9. The second kappa shape index (κ2) is 17.4. The maximum absolute atomic E-state index is 10.5. The molecule has 0 spiro atoms. The lowest BCUT2D eigenvalue weighted by molar-refractivity contribution is 0.112. The number of benzene rings is 4. The fourth-order valence-corrected chi connectivity index (χ4v) is 5.53. The fourth-order valence-electron chi connectivity index (χ4n) is 5.15. The van der Waals surface area contributed by atoms with Gasteiger partial charge < -0.3 is 19.3 Å². The molecule has 1 aliphatic heterocycles. The molecule has 0 bridgehead atoms. The first kappa shape index (κ1) is 34.5. The summed E-state index contributed by atoms with van der Waals surface area (Å²) in [6, 6.07) is 26.9. The summed E-state index contributed by atoms with van der Waals surface area (Å²) in [7, 11) is 0. The molecular formula is C38H42Cl2O5. The third-order valence-electron chi connectivity index (χ3n) is 7.74. The number of ether oxygens (including phenoxy) is 3. The van der Waals surface area contributed by atoms with Crippen LogP contribution in [0.4, 0.5) is 0 Å². The van der Waals surface area contributed by atoms with E-state index in [9.17, 15) is 9.90 Å². The normalized spacial score (nSPS) is 16.5. The van der Waals surface area contributed by atoms with Crippen molar-refractivity contribution in [3.05, 3.63) is 128 Å². The first-order chi connectivity index (χ1) is 21.7. The lowest BCUT2D eigenvalue weighted by atomic mass is 10.00. The summed E-state index contributed by atoms with van der Waals surface area (Å²) in [5, 5.41) is 11.6. The Morgan fingerprint density at radius 1 is 0.733 bits per heavy atom. The van der Waals surface area contributed by atoms with Gasteiger partial charge >= 0.3 is 0 Å². The zero-order valence-corrected chi connectivity index (χ0v) is 27.7. The molecule has 1 unspecified atom stereocenters. The van der Waals surface area contributed by atoms with Crippen LogP contribution in [0.1, 0.15) is 76.4 Å². The van der Waals surface area contributed by atoms with Gasteiger partial charge in [0.1, 0.15) is 23.7 Å². The van der Waals surface area contributed by atoms with E-state index in [1.165, 1.54) is 18.4 Å². The molecule has 2 aliphatic rings. The van der Waals surface area contributed by atoms with E-state index in [0.717, 1.165) is 72.5 Å². The Morgan fingerprint density at radius 3 is 1.87 bits per heavy atom. The van der Waals surface area contributed by atoms with E-state index in [1.54, 1.807) is 12.1 Å². The number of aldehydes is 1. The van der Waals surface area contributed by atoms with Crippen LogP contribution < -0.4 is 9.47 Å². The predicted molar refractivity (Wildman–Crippen MR) is 182 cm³/mol. The van der Waals surface area contributed by atoms with Crippen LogP contribution in [0.3, 0.4) is 0 Å². The van der Waals surface area contributed by atoms with Gasteiger partial charge in [-0.05, 0) is 94.5 Å². The number of carbonyl (C=O) groups excluding carboxylic acids is 1. The highest BCUT2D eigenvalue weighted by Gasteiger charge is 2.18. The van der Waals surface area contributed by atoms with Crippen molar-refractivity contribution in [2.45, 2.75) is 71.2 Å². The standard InChI is InChI=1S/C19H21ClO2.C11H14O2.C8H7ClO/c1-13-6-11-18(20)17(12-13)19(21)14-7-9-16(10-8-14)22-15-4-2-3-5-15;1-9-2-4-10(5-3-9)13-11-6-7-12-8-11;1-6-2-3-8(9)7(4-6)5-10/h6-12,15,19,21H,2-5H2,1H3;2-5,11H,6-8H2,1H3;2-5H,1H3/t;11-;/m.0./s1. The zero-order chi connectivity index (χ0) is 32.2. The summed E-state index contributed by atoms with van der Waals surface area (Å²) in [6.07, 6.45) is 6.45. The SMILES string of the molecule is Cc1ccc(Cl)c(C(O)c2ccc(OC3CCCC3)cc2)c1.Cc1ccc(Cl)c(C=O)c1.Cc1ccc(O[C@H]2CCOC2)cc1. The monoisotopic (exact) mass is 648 g/mol. The molecule has 238 valence electrons. The predicted octanol–water partition coefficient (Wildman–Crippen LogP) is 9.68. The van der Waals surface area contributed by atoms with E-state index in [4.69, 9.17) is 37.4 Å². The minimum Gasteiger partial charge on any atom is -0.490 e. The van der Waals surface area contributed by atoms with Crippen molar-refractivity contribution in [3.8, 4) is 11.5 Å². The number of aliphatic hydroxyl groups is 1. The lowest BCUT2D eigenvalue weighted by Crippen LogP contribution is -2.15. The molecule has 7 heteroatoms. The van der Waals surface area contributed by atoms with Crippen molar-refractivity contribution in [2.24, 2.45) is 0 Å². The summed E-state index contributed by atoms with van der Waals surface area (Å²) in [4.78, 5) is 10.3. The van der Waals surface area contributed by atoms with Gasteiger partial charge in [0.05, 0.1) is 24.3 Å². The molecule has 0 amide bonds. The summed E-state index contributed by atoms with van der Waals surface area (Å²) >= 11 is 11.9. The van der Waals surface area contributed by atoms with Crippen molar-refractivity contribution < 1.29 is 24.1 Å². The largest absolute Gasteiger partial charge is 0.490 e. The first-order valence-electron chi connectivity index (χ1n) is 15.4. The molecule has 0 aromatic heterocycles. The van der Waals surface area contributed by atoms with Crippen molar-refractivity contribution in [1.29, 1.82) is 0 Å². The number of hydrogen-bond donors (Lipinski definition) is 1. The van der Waals surface area contributed by atoms with Gasteiger partial charge in [0, 0.05) is 22.6 Å². The van der Waals surface area contributed by atoms with Gasteiger partial charge in [0.2, 0.25) is 0 Å². The highest BCUT2D eigenvalue weighted by Crippen LogP contribution is 2.31. The van der Waals surface area contributed by atoms with Gasteiger partial charge in [-0.25, -0.2) is 0 Å². The summed E-state index contributed by atoms with van der Waals surface area (Å²) in [6.45, 7) is 7.54. The van der Waals surface area contributed by atoms with E-state index in [-0.39, 0.29) is 6.10 Å². The Hall–Kier alpha value is -3.35. The minimum atomic E-state index is -0.715. The van der Waals surface area contributed by atoms with E-state index >= 15 is 0 Å². The van der Waals surface area contributed by atoms with Crippen molar-refractivity contribution in [2.75, 3.05) is 13.2 Å². The molecule has 6 rings (SSSR count). The average Bonchev–Trinajstić information content (AvgIpc) is 3.76. The second-order valence-electron chi connectivity index (χ2n) is 11.6. The van der Waals surface area contributed by atoms with Crippen LogP contribution in [-0.2, 0) is 4.74 Å². The Kier molecular flexibility index (Phi) is 13.3. The van der Waals surface area contributed by atoms with Crippen molar-refractivity contribution in [1.82, 2.24) is 0 Å². The fraction of sp³-hybridized carbons (Fsp3) is 0.342. The smallest absolute Gasteiger partial charge is 0.151 e. The van der Waals surface area contributed by atoms with E-state index < -0.39 is 6.10 Å². The molecule has 4 aromatic rings. The molecular weight excluding hydrogens is 607 g/mol. The van der Waals surface area contributed by atoms with Gasteiger partial charge in [-0.15, -0.1) is 0 Å². The molecule has 1 saturated heterocycles. The van der Waals surface area contributed by atoms with Gasteiger partial charge in [-0.1, -0.05) is 82.4 Å². The number of halogens is 2. The molecule has 1 N–H and O–H groups in total. The Bertz CT molecular complexity index is 1490. The number of rotatable bonds is 7. The third-order valence-corrected chi connectivity index (χ3v) is 8.43. The molecule has 2 atom stereocenters. The minimum absolute atomic E-state index is 0.253. The Morgan fingerprint density at radius 2 is 1.29 bits per heavy atom. The summed E-state index contributed by atoms with van der Waals surface area (Å²) in [5.74, 6) is 1.82. The molecule has 5 nitrogen and oxygen atoms in total. The maximum atomic E-state index is 10.5. The van der Waals surface area contributed by atoms with E-state index in [2.05, 4.69) is 19.1 Å². The van der Waals surface area contributed by atoms with Gasteiger partial charge in [-0.2, -0.15) is 0 Å². The van der Waals surface area contributed by atoms with Gasteiger partial charge in [0.25, 0.3) is 0 Å². The number of aliphatic hydroxyl groups excluding tert-OH is 1. The summed E-state index contributed by atoms with van der Waals surface area (Å²) in [5.41, 5.74) is 5.51. The first-order valence-corrected chi connectivity index (χ1v) is 16.2. The number of aryl methyl sites for hydroxylation is 3. The molecule has 45 heavy (non-hydrogen) atoms. The van der Waals surface area contributed by atoms with Crippen LogP contribution in [0.25, 0.3) is 0 Å². The number of hydrogen-bond acceptors (Lipinski definition) is 5. The highest BCUT2D eigenvalue weighted by atomic mass is 35.5. The molecule has 1 heterocycles. The van der Waals surface area contributed by atoms with Gasteiger partial charge in [0.15, 0.2) is 6.29 Å². The molecule has 4 aromatic carbocycles. The average molecular weight is 650 g/mol. The van der Waals surface area contributed by atoms with Crippen LogP contribution in [0, 0.1) is 20.8 Å². The second-order valence-corrected chi connectivity index (χ2v) is 12.4. The number of carbonyl (C=O) groups is 1. The highest BCUT2D eigenvalue weighted by molar-refractivity contribution is 6.33. The molecule has 1 aliphatic carbocycles. The van der Waals surface area contributed by atoms with Crippen molar-refractivity contribution in [3.63, 3.8) is 0 Å². The van der Waals surface area contributed by atoms with Crippen LogP contribution in [0.2, 0.25) is 10.0 Å². The quantitative estimate of drug-likeness (QED) is 0.202. The molecule has 2 fully saturated rings. The zero-order valence-electron chi connectivity index (χ0n) is 26.2. The van der Waals surface area contributed by atoms with Crippen LogP contribution in [0.5, 0.6) is 11.5 Å². The Balaban J connectivity index is 0.000000170. The van der Waals surface area contributed by atoms with Gasteiger partial charge in [-0.3, -0.25) is 4.79 Å². The van der Waals surface area contributed by atoms with Crippen LogP contribution in [0.15, 0.2) is 84.9 Å². The molecule has 0 radical (unpaired) electrons. The summed E-state index contributed by atoms with van der Waals surface area (Å²) < 4.78 is 16.9. The van der Waals surface area contributed by atoms with Crippen LogP contribution >= 0.6 is 23.2 Å².